The number of alkyl halides is 2. The van der Waals surface area contributed by atoms with Gasteiger partial charge in [0.2, 0.25) is 9.84 Å². The molecule has 21 heavy (non-hydrogen) atoms. The Morgan fingerprint density at radius 2 is 2.24 bits per heavy atom. The van der Waals surface area contributed by atoms with Crippen molar-refractivity contribution in [1.29, 1.82) is 0 Å². The molecule has 9 heteroatoms. The number of halogens is 2. The van der Waals surface area contributed by atoms with Crippen molar-refractivity contribution in [2.24, 2.45) is 0 Å². The van der Waals surface area contributed by atoms with Gasteiger partial charge in [-0.15, -0.1) is 11.3 Å². The van der Waals surface area contributed by atoms with E-state index in [-0.39, 0.29) is 17.0 Å². The van der Waals surface area contributed by atoms with Crippen LogP contribution in [0.3, 0.4) is 0 Å². The van der Waals surface area contributed by atoms with Gasteiger partial charge in [0.1, 0.15) is 4.88 Å². The monoisotopic (exact) mass is 338 g/mol. The van der Waals surface area contributed by atoms with Gasteiger partial charge in [0.05, 0.1) is 4.90 Å². The molecule has 2 heterocycles. The minimum absolute atomic E-state index is 0.0852. The van der Waals surface area contributed by atoms with Crippen LogP contribution in [-0.2, 0) is 9.84 Å². The number of nitrogens with one attached hydrogen (secondary N) is 2. The van der Waals surface area contributed by atoms with Crippen molar-refractivity contribution in [2.75, 3.05) is 6.54 Å². The van der Waals surface area contributed by atoms with E-state index in [2.05, 4.69) is 10.6 Å². The van der Waals surface area contributed by atoms with E-state index in [1.165, 1.54) is 5.38 Å². The third-order valence-electron chi connectivity index (χ3n) is 3.34. The molecule has 2 atom stereocenters. The van der Waals surface area contributed by atoms with E-state index < -0.39 is 26.4 Å². The number of hydrogen-bond donors (Lipinski definition) is 2. The van der Waals surface area contributed by atoms with Gasteiger partial charge in [0.15, 0.2) is 0 Å². The Balaban J connectivity index is 2.16. The molecular formula is C12H16F2N2O3S2. The van der Waals surface area contributed by atoms with Crippen molar-refractivity contribution >= 4 is 27.1 Å². The number of piperidine rings is 1. The van der Waals surface area contributed by atoms with Crippen LogP contribution in [0.5, 0.6) is 0 Å². The quantitative estimate of drug-likeness (QED) is 0.875. The highest BCUT2D eigenvalue weighted by atomic mass is 32.2. The number of sulfone groups is 1. The maximum absolute atomic E-state index is 12.6. The molecule has 0 radical (unpaired) electrons. The third kappa shape index (κ3) is 3.58. The Labute approximate surface area is 125 Å². The van der Waals surface area contributed by atoms with Crippen LogP contribution in [0.2, 0.25) is 0 Å². The first-order chi connectivity index (χ1) is 9.82. The first kappa shape index (κ1) is 16.3. The Morgan fingerprint density at radius 1 is 1.52 bits per heavy atom. The zero-order valence-electron chi connectivity index (χ0n) is 11.3. The van der Waals surface area contributed by atoms with E-state index in [0.717, 1.165) is 30.4 Å². The third-order valence-corrected chi connectivity index (χ3v) is 5.80. The molecule has 2 rings (SSSR count). The summed E-state index contributed by atoms with van der Waals surface area (Å²) in [5.41, 5.74) is 0. The van der Waals surface area contributed by atoms with Crippen molar-refractivity contribution in [3.8, 4) is 0 Å². The van der Waals surface area contributed by atoms with E-state index in [0.29, 0.717) is 6.42 Å². The van der Waals surface area contributed by atoms with Gasteiger partial charge in [-0.2, -0.15) is 8.78 Å². The molecule has 118 valence electrons. The van der Waals surface area contributed by atoms with Crippen LogP contribution in [-0.4, -0.2) is 38.7 Å². The van der Waals surface area contributed by atoms with Gasteiger partial charge in [0.25, 0.3) is 5.91 Å². The summed E-state index contributed by atoms with van der Waals surface area (Å²) in [5.74, 6) is -4.14. The van der Waals surface area contributed by atoms with Crippen LogP contribution in [0.25, 0.3) is 0 Å². The predicted octanol–water partition coefficient (Wildman–Crippen LogP) is 1.61. The van der Waals surface area contributed by atoms with Crippen LogP contribution in [0.4, 0.5) is 8.78 Å². The molecule has 2 N–H and O–H groups in total. The maximum atomic E-state index is 12.6. The highest BCUT2D eigenvalue weighted by Crippen LogP contribution is 2.27. The summed E-state index contributed by atoms with van der Waals surface area (Å²) < 4.78 is 48.3. The lowest BCUT2D eigenvalue weighted by molar-refractivity contribution is 0.0926. The molecule has 1 aliphatic heterocycles. The van der Waals surface area contributed by atoms with E-state index in [4.69, 9.17) is 0 Å². The fourth-order valence-electron chi connectivity index (χ4n) is 2.30. The average Bonchev–Trinajstić information content (AvgIpc) is 2.88. The summed E-state index contributed by atoms with van der Waals surface area (Å²) in [6, 6.07) is 1.21. The minimum atomic E-state index is -4.76. The average molecular weight is 338 g/mol. The second-order valence-corrected chi connectivity index (χ2v) is 7.77. The second-order valence-electron chi connectivity index (χ2n) is 4.97. The highest BCUT2D eigenvalue weighted by molar-refractivity contribution is 7.92. The molecule has 1 aromatic rings. The van der Waals surface area contributed by atoms with E-state index in [9.17, 15) is 22.0 Å². The first-order valence-corrected chi connectivity index (χ1v) is 8.88. The van der Waals surface area contributed by atoms with Crippen LogP contribution >= 0.6 is 11.3 Å². The second kappa shape index (κ2) is 6.37. The molecule has 5 nitrogen and oxygen atoms in total. The molecule has 2 unspecified atom stereocenters. The molecule has 0 aliphatic carbocycles. The summed E-state index contributed by atoms with van der Waals surface area (Å²) in [5, 5.41) is 7.28. The molecule has 1 saturated heterocycles. The van der Waals surface area contributed by atoms with E-state index in [1.807, 2.05) is 6.92 Å². The van der Waals surface area contributed by atoms with Gasteiger partial charge in [-0.25, -0.2) is 8.42 Å². The zero-order chi connectivity index (χ0) is 15.6. The highest BCUT2D eigenvalue weighted by Gasteiger charge is 2.32. The Kier molecular flexibility index (Phi) is 4.95. The SMILES string of the molecule is CC1CC(NC(=O)c2sccc2S(=O)(=O)C(F)F)CCN1. The maximum Gasteiger partial charge on any atom is 0.341 e. The number of carbonyl (C=O) groups excluding carboxylic acids is 1. The molecule has 1 aliphatic rings. The topological polar surface area (TPSA) is 75.3 Å². The zero-order valence-corrected chi connectivity index (χ0v) is 12.9. The molecule has 0 spiro atoms. The number of carbonyl (C=O) groups is 1. The van der Waals surface area contributed by atoms with Gasteiger partial charge >= 0.3 is 5.76 Å². The van der Waals surface area contributed by atoms with Gasteiger partial charge in [-0.3, -0.25) is 4.79 Å². The van der Waals surface area contributed by atoms with Crippen LogP contribution in [0.1, 0.15) is 29.4 Å². The summed E-state index contributed by atoms with van der Waals surface area (Å²) in [6.45, 7) is 2.73. The molecule has 1 aromatic heterocycles. The van der Waals surface area contributed by atoms with Crippen molar-refractivity contribution < 1.29 is 22.0 Å². The van der Waals surface area contributed by atoms with Gasteiger partial charge in [0, 0.05) is 12.1 Å². The number of hydrogen-bond acceptors (Lipinski definition) is 5. The first-order valence-electron chi connectivity index (χ1n) is 6.46. The molecule has 1 fully saturated rings. The fourth-order valence-corrected chi connectivity index (χ4v) is 4.37. The molecule has 0 aromatic carbocycles. The Morgan fingerprint density at radius 3 is 2.86 bits per heavy atom. The van der Waals surface area contributed by atoms with Crippen LogP contribution < -0.4 is 10.6 Å². The normalized spacial score (nSPS) is 23.2. The van der Waals surface area contributed by atoms with Crippen LogP contribution in [0.15, 0.2) is 16.3 Å². The Hall–Kier alpha value is -1.06. The lowest BCUT2D eigenvalue weighted by Gasteiger charge is -2.28. The fraction of sp³-hybridized carbons (Fsp3) is 0.583. The van der Waals surface area contributed by atoms with Gasteiger partial charge in [-0.1, -0.05) is 0 Å². The van der Waals surface area contributed by atoms with E-state index in [1.54, 1.807) is 0 Å². The van der Waals surface area contributed by atoms with Crippen LogP contribution in [0, 0.1) is 0 Å². The van der Waals surface area contributed by atoms with Crippen molar-refractivity contribution in [3.05, 3.63) is 16.3 Å². The lowest BCUT2D eigenvalue weighted by Crippen LogP contribution is -2.46. The number of rotatable bonds is 4. The molecular weight excluding hydrogens is 322 g/mol. The smallest absolute Gasteiger partial charge is 0.341 e. The molecule has 1 amide bonds. The van der Waals surface area contributed by atoms with Crippen molar-refractivity contribution in [1.82, 2.24) is 10.6 Å². The van der Waals surface area contributed by atoms with Gasteiger partial charge < -0.3 is 10.6 Å². The summed E-state index contributed by atoms with van der Waals surface area (Å²) in [7, 11) is -4.76. The lowest BCUT2D eigenvalue weighted by atomic mass is 10.0. The van der Waals surface area contributed by atoms with E-state index >= 15 is 0 Å². The number of thiophene rings is 1. The summed E-state index contributed by atoms with van der Waals surface area (Å²) in [4.78, 5) is 11.4. The summed E-state index contributed by atoms with van der Waals surface area (Å²) >= 11 is 0.851. The molecule has 0 saturated carbocycles. The molecule has 0 bridgehead atoms. The Bertz CT molecular complexity index is 616. The largest absolute Gasteiger partial charge is 0.348 e. The minimum Gasteiger partial charge on any atom is -0.348 e. The standard InChI is InChI=1S/C12H16F2N2O3S2/c1-7-6-8(2-4-15-7)16-11(17)10-9(3-5-20-10)21(18,19)12(13)14/h3,5,7-8,12,15H,2,4,6H2,1H3,(H,16,17). The summed E-state index contributed by atoms with van der Waals surface area (Å²) in [6.07, 6.45) is 1.44. The van der Waals surface area contributed by atoms with Crippen molar-refractivity contribution in [2.45, 2.75) is 42.5 Å². The van der Waals surface area contributed by atoms with Gasteiger partial charge in [-0.05, 0) is 37.8 Å². The predicted molar refractivity (Wildman–Crippen MR) is 75.5 cm³/mol. The number of amides is 1. The van der Waals surface area contributed by atoms with Crippen molar-refractivity contribution in [3.63, 3.8) is 0 Å².